The molecule has 0 amide bonds. The molecule has 0 spiro atoms. The average molecular weight is 269 g/mol. The van der Waals surface area contributed by atoms with Crippen molar-refractivity contribution in [3.8, 4) is 0 Å². The lowest BCUT2D eigenvalue weighted by atomic mass is 10.1. The maximum Gasteiger partial charge on any atom is 0.374 e. The molecule has 1 rings (SSSR count). The third-order valence-electron chi connectivity index (χ3n) is 3.02. The number of aryl methyl sites for hydroxylation is 1. The van der Waals surface area contributed by atoms with Crippen molar-refractivity contribution in [2.24, 2.45) is 0 Å². The number of methoxy groups -OCH3 is 1. The van der Waals surface area contributed by atoms with Crippen LogP contribution in [0.15, 0.2) is 10.5 Å². The van der Waals surface area contributed by atoms with E-state index in [1.165, 1.54) is 7.11 Å². The van der Waals surface area contributed by atoms with Crippen molar-refractivity contribution in [1.82, 2.24) is 4.90 Å². The monoisotopic (exact) mass is 269 g/mol. The van der Waals surface area contributed by atoms with Crippen molar-refractivity contribution in [1.29, 1.82) is 0 Å². The lowest BCUT2D eigenvalue weighted by molar-refractivity contribution is 0.0298. The van der Waals surface area contributed by atoms with Gasteiger partial charge in [0.05, 0.1) is 18.8 Å². The molecular weight excluding hydrogens is 246 g/mol. The first kappa shape index (κ1) is 15.7. The molecule has 1 aromatic heterocycles. The van der Waals surface area contributed by atoms with E-state index < -0.39 is 11.6 Å². The minimum atomic E-state index is -0.782. The minimum Gasteiger partial charge on any atom is -0.463 e. The zero-order valence-corrected chi connectivity index (χ0v) is 12.5. The van der Waals surface area contributed by atoms with Gasteiger partial charge >= 0.3 is 5.97 Å². The van der Waals surface area contributed by atoms with Crippen LogP contribution in [0.3, 0.4) is 0 Å². The zero-order valence-electron chi connectivity index (χ0n) is 12.5. The number of likely N-dealkylation sites (N-methyl/N-ethyl adjacent to an activating group) is 1. The third kappa shape index (κ3) is 4.08. The van der Waals surface area contributed by atoms with Crippen LogP contribution >= 0.6 is 0 Å². The van der Waals surface area contributed by atoms with Crippen LogP contribution < -0.4 is 0 Å². The fourth-order valence-corrected chi connectivity index (χ4v) is 1.97. The topological polar surface area (TPSA) is 62.9 Å². The van der Waals surface area contributed by atoms with E-state index in [-0.39, 0.29) is 11.8 Å². The molecule has 0 aromatic carbocycles. The summed E-state index contributed by atoms with van der Waals surface area (Å²) in [4.78, 5) is 13.5. The predicted molar refractivity (Wildman–Crippen MR) is 72.1 cm³/mol. The summed E-state index contributed by atoms with van der Waals surface area (Å²) in [6.07, 6.45) is 0. The van der Waals surface area contributed by atoms with Crippen molar-refractivity contribution in [3.63, 3.8) is 0 Å². The Hall–Kier alpha value is -1.33. The SMILES string of the molecule is COC(=O)c1oc(C(C)N(C)CC(C)(C)O)cc1C. The molecule has 0 aliphatic carbocycles. The summed E-state index contributed by atoms with van der Waals surface area (Å²) in [7, 11) is 3.23. The van der Waals surface area contributed by atoms with Crippen LogP contribution in [0.25, 0.3) is 0 Å². The summed E-state index contributed by atoms with van der Waals surface area (Å²) < 4.78 is 10.2. The maximum absolute atomic E-state index is 11.5. The van der Waals surface area contributed by atoms with E-state index in [4.69, 9.17) is 4.42 Å². The third-order valence-corrected chi connectivity index (χ3v) is 3.02. The highest BCUT2D eigenvalue weighted by Gasteiger charge is 2.24. The van der Waals surface area contributed by atoms with E-state index in [0.29, 0.717) is 12.3 Å². The number of carbonyl (C=O) groups is 1. The first-order chi connectivity index (χ1) is 8.65. The van der Waals surface area contributed by atoms with Crippen molar-refractivity contribution in [3.05, 3.63) is 23.2 Å². The fourth-order valence-electron chi connectivity index (χ4n) is 1.97. The van der Waals surface area contributed by atoms with Crippen LogP contribution in [0, 0.1) is 6.92 Å². The van der Waals surface area contributed by atoms with Gasteiger partial charge in [-0.1, -0.05) is 0 Å². The van der Waals surface area contributed by atoms with Gasteiger partial charge in [-0.3, -0.25) is 4.90 Å². The van der Waals surface area contributed by atoms with Gasteiger partial charge in [0, 0.05) is 12.1 Å². The summed E-state index contributed by atoms with van der Waals surface area (Å²) in [5.74, 6) is 0.451. The molecule has 0 radical (unpaired) electrons. The van der Waals surface area contributed by atoms with Gasteiger partial charge in [0.2, 0.25) is 5.76 Å². The van der Waals surface area contributed by atoms with Gasteiger partial charge in [0.25, 0.3) is 0 Å². The second kappa shape index (κ2) is 5.75. The van der Waals surface area contributed by atoms with Gasteiger partial charge in [-0.2, -0.15) is 0 Å². The molecule has 19 heavy (non-hydrogen) atoms. The van der Waals surface area contributed by atoms with Gasteiger partial charge in [-0.05, 0) is 40.8 Å². The molecule has 0 aliphatic heterocycles. The average Bonchev–Trinajstić information content (AvgIpc) is 2.67. The molecule has 5 heteroatoms. The minimum absolute atomic E-state index is 0.0384. The van der Waals surface area contributed by atoms with E-state index in [2.05, 4.69) is 4.74 Å². The number of hydrogen-bond donors (Lipinski definition) is 1. The molecule has 5 nitrogen and oxygen atoms in total. The summed E-state index contributed by atoms with van der Waals surface area (Å²) in [5, 5.41) is 9.82. The van der Waals surface area contributed by atoms with Crippen molar-refractivity contribution in [2.45, 2.75) is 39.3 Å². The predicted octanol–water partition coefficient (Wildman–Crippen LogP) is 2.14. The Kier molecular flexibility index (Phi) is 4.76. The van der Waals surface area contributed by atoms with Crippen LogP contribution in [0.2, 0.25) is 0 Å². The van der Waals surface area contributed by atoms with Crippen LogP contribution in [0.4, 0.5) is 0 Å². The van der Waals surface area contributed by atoms with Gasteiger partial charge in [-0.25, -0.2) is 4.79 Å². The summed E-state index contributed by atoms with van der Waals surface area (Å²) in [6.45, 7) is 7.78. The molecule has 1 aromatic rings. The Morgan fingerprint density at radius 3 is 2.63 bits per heavy atom. The molecule has 0 fully saturated rings. The largest absolute Gasteiger partial charge is 0.463 e. The van der Waals surface area contributed by atoms with E-state index in [0.717, 1.165) is 5.56 Å². The smallest absolute Gasteiger partial charge is 0.374 e. The molecule has 1 unspecified atom stereocenters. The lowest BCUT2D eigenvalue weighted by Gasteiger charge is -2.29. The Morgan fingerprint density at radius 1 is 1.58 bits per heavy atom. The van der Waals surface area contributed by atoms with E-state index in [1.54, 1.807) is 13.8 Å². The molecule has 0 saturated carbocycles. The number of rotatable bonds is 5. The Balaban J connectivity index is 2.89. The van der Waals surface area contributed by atoms with Crippen molar-refractivity contribution in [2.75, 3.05) is 20.7 Å². The quantitative estimate of drug-likeness (QED) is 0.830. The maximum atomic E-state index is 11.5. The van der Waals surface area contributed by atoms with Crippen LogP contribution in [-0.2, 0) is 4.74 Å². The second-order valence-corrected chi connectivity index (χ2v) is 5.56. The fraction of sp³-hybridized carbons (Fsp3) is 0.643. The molecule has 108 valence electrons. The number of esters is 1. The second-order valence-electron chi connectivity index (χ2n) is 5.56. The van der Waals surface area contributed by atoms with Gasteiger partial charge in [-0.15, -0.1) is 0 Å². The van der Waals surface area contributed by atoms with E-state index in [9.17, 15) is 9.90 Å². The van der Waals surface area contributed by atoms with Crippen LogP contribution in [0.1, 0.15) is 48.7 Å². The molecule has 1 heterocycles. The lowest BCUT2D eigenvalue weighted by Crippen LogP contribution is -2.37. The van der Waals surface area contributed by atoms with E-state index >= 15 is 0 Å². The molecule has 1 N–H and O–H groups in total. The number of hydrogen-bond acceptors (Lipinski definition) is 5. The first-order valence-corrected chi connectivity index (χ1v) is 6.27. The van der Waals surface area contributed by atoms with Gasteiger partial charge in [0.15, 0.2) is 0 Å². The molecule has 0 aliphatic rings. The molecule has 1 atom stereocenters. The Morgan fingerprint density at radius 2 is 2.16 bits per heavy atom. The number of furan rings is 1. The standard InChI is InChI=1S/C14H23NO4/c1-9-7-11(19-12(9)13(16)18-6)10(2)15(5)8-14(3,4)17/h7,10,17H,8H2,1-6H3. The molecular formula is C14H23NO4. The van der Waals surface area contributed by atoms with Gasteiger partial charge in [0.1, 0.15) is 5.76 Å². The van der Waals surface area contributed by atoms with Crippen molar-refractivity contribution < 1.29 is 19.1 Å². The summed E-state index contributed by atoms with van der Waals surface area (Å²) in [5.41, 5.74) is -0.0270. The highest BCUT2D eigenvalue weighted by molar-refractivity contribution is 5.87. The Labute approximate surface area is 114 Å². The van der Waals surface area contributed by atoms with Crippen LogP contribution in [0.5, 0.6) is 0 Å². The number of nitrogens with zero attached hydrogens (tertiary/aromatic N) is 1. The number of carbonyl (C=O) groups excluding carboxylic acids is 1. The molecule has 0 saturated heterocycles. The highest BCUT2D eigenvalue weighted by Crippen LogP contribution is 2.25. The van der Waals surface area contributed by atoms with Gasteiger partial charge < -0.3 is 14.3 Å². The Bertz CT molecular complexity index is 445. The summed E-state index contributed by atoms with van der Waals surface area (Å²) >= 11 is 0. The zero-order chi connectivity index (χ0) is 14.8. The summed E-state index contributed by atoms with van der Waals surface area (Å²) in [6, 6.07) is 1.79. The molecule has 0 bridgehead atoms. The normalized spacial score (nSPS) is 13.7. The number of ether oxygens (including phenoxy) is 1. The van der Waals surface area contributed by atoms with Crippen LogP contribution in [-0.4, -0.2) is 42.3 Å². The number of aliphatic hydroxyl groups is 1. The van der Waals surface area contributed by atoms with Crippen molar-refractivity contribution >= 4 is 5.97 Å². The highest BCUT2D eigenvalue weighted by atomic mass is 16.5. The van der Waals surface area contributed by atoms with E-state index in [1.807, 2.05) is 31.9 Å². The first-order valence-electron chi connectivity index (χ1n) is 6.27.